The summed E-state index contributed by atoms with van der Waals surface area (Å²) in [6.45, 7) is 2.86. The number of hydrogen-bond acceptors (Lipinski definition) is 6. The second-order valence-corrected chi connectivity index (χ2v) is 7.72. The molecule has 1 amide bonds. The van der Waals surface area contributed by atoms with E-state index in [0.29, 0.717) is 10.8 Å². The zero-order chi connectivity index (χ0) is 20.5. The first-order valence-corrected chi connectivity index (χ1v) is 10.6. The molecule has 0 aliphatic rings. The lowest BCUT2D eigenvalue weighted by Gasteiger charge is -2.06. The van der Waals surface area contributed by atoms with Gasteiger partial charge in [0.1, 0.15) is 5.52 Å². The second kappa shape index (κ2) is 7.72. The molecule has 148 valence electrons. The van der Waals surface area contributed by atoms with Crippen molar-refractivity contribution in [2.75, 3.05) is 11.1 Å². The number of amides is 1. The molecule has 5 aromatic rings. The van der Waals surface area contributed by atoms with Crippen molar-refractivity contribution in [3.8, 4) is 0 Å². The number of carbonyl (C=O) groups excluding carboxylic acids is 1. The van der Waals surface area contributed by atoms with E-state index >= 15 is 0 Å². The molecule has 1 N–H and O–H groups in total. The largest absolute Gasteiger partial charge is 0.324 e. The molecule has 2 aromatic carbocycles. The van der Waals surface area contributed by atoms with Crippen LogP contribution in [-0.2, 0) is 11.3 Å². The minimum absolute atomic E-state index is 0.142. The Labute approximate surface area is 176 Å². The van der Waals surface area contributed by atoms with Gasteiger partial charge in [0.25, 0.3) is 0 Å². The van der Waals surface area contributed by atoms with Crippen molar-refractivity contribution in [3.05, 3.63) is 60.8 Å². The van der Waals surface area contributed by atoms with Crippen LogP contribution in [0.5, 0.6) is 0 Å². The van der Waals surface area contributed by atoms with Crippen molar-refractivity contribution >= 4 is 56.3 Å². The molecule has 5 rings (SSSR count). The normalized spacial score (nSPS) is 11.4. The van der Waals surface area contributed by atoms with Crippen LogP contribution in [0.3, 0.4) is 0 Å². The number of aromatic nitrogens is 5. The summed E-state index contributed by atoms with van der Waals surface area (Å²) in [7, 11) is 0. The highest BCUT2D eigenvalue weighted by atomic mass is 32.2. The van der Waals surface area contributed by atoms with E-state index in [2.05, 4.69) is 43.0 Å². The molecule has 0 saturated heterocycles. The van der Waals surface area contributed by atoms with Crippen LogP contribution in [0, 0.1) is 0 Å². The summed E-state index contributed by atoms with van der Waals surface area (Å²) in [4.78, 5) is 21.4. The summed E-state index contributed by atoms with van der Waals surface area (Å²) < 4.78 is 2.12. The number of thioether (sulfide) groups is 1. The zero-order valence-electron chi connectivity index (χ0n) is 16.2. The summed E-state index contributed by atoms with van der Waals surface area (Å²) in [5, 5.41) is 14.0. The summed E-state index contributed by atoms with van der Waals surface area (Å²) in [5.74, 6) is 0.0450. The third kappa shape index (κ3) is 3.35. The first kappa shape index (κ1) is 18.5. The summed E-state index contributed by atoms with van der Waals surface area (Å²) >= 11 is 1.26. The molecule has 0 aliphatic carbocycles. The Bertz CT molecular complexity index is 1400. The number of para-hydroxylation sites is 2. The molecule has 0 bridgehead atoms. The smallest absolute Gasteiger partial charge is 0.234 e. The molecule has 0 fully saturated rings. The van der Waals surface area contributed by atoms with Crippen LogP contribution < -0.4 is 5.32 Å². The minimum Gasteiger partial charge on any atom is -0.324 e. The molecule has 0 saturated carbocycles. The molecule has 8 heteroatoms. The van der Waals surface area contributed by atoms with Crippen LogP contribution in [0.2, 0.25) is 0 Å². The van der Waals surface area contributed by atoms with Gasteiger partial charge in [-0.1, -0.05) is 48.2 Å². The van der Waals surface area contributed by atoms with Gasteiger partial charge in [-0.05, 0) is 25.1 Å². The molecular formula is C22H18N6OS. The quantitative estimate of drug-likeness (QED) is 0.432. The van der Waals surface area contributed by atoms with Gasteiger partial charge in [0.05, 0.1) is 28.7 Å². The molecular weight excluding hydrogens is 396 g/mol. The van der Waals surface area contributed by atoms with Gasteiger partial charge in [0.15, 0.2) is 5.65 Å². The Hall–Kier alpha value is -3.52. The van der Waals surface area contributed by atoms with Crippen molar-refractivity contribution in [1.29, 1.82) is 0 Å². The Morgan fingerprint density at radius 1 is 1.10 bits per heavy atom. The van der Waals surface area contributed by atoms with Crippen molar-refractivity contribution in [2.45, 2.75) is 18.6 Å². The van der Waals surface area contributed by atoms with Gasteiger partial charge in [0.2, 0.25) is 11.1 Å². The number of rotatable bonds is 5. The van der Waals surface area contributed by atoms with E-state index in [1.165, 1.54) is 11.8 Å². The maximum Gasteiger partial charge on any atom is 0.234 e. The number of anilines is 1. The van der Waals surface area contributed by atoms with Gasteiger partial charge in [-0.3, -0.25) is 9.78 Å². The lowest BCUT2D eigenvalue weighted by Crippen LogP contribution is -2.14. The first-order valence-electron chi connectivity index (χ1n) is 9.62. The van der Waals surface area contributed by atoms with Crippen molar-refractivity contribution in [3.63, 3.8) is 0 Å². The van der Waals surface area contributed by atoms with Crippen molar-refractivity contribution in [2.24, 2.45) is 0 Å². The van der Waals surface area contributed by atoms with Gasteiger partial charge in [-0.2, -0.15) is 0 Å². The third-order valence-corrected chi connectivity index (χ3v) is 5.72. The maximum absolute atomic E-state index is 12.4. The van der Waals surface area contributed by atoms with E-state index in [0.717, 1.165) is 39.5 Å². The fourth-order valence-electron chi connectivity index (χ4n) is 3.54. The fraction of sp³-hybridized carbons (Fsp3) is 0.136. The van der Waals surface area contributed by atoms with Crippen LogP contribution >= 0.6 is 11.8 Å². The highest BCUT2D eigenvalue weighted by molar-refractivity contribution is 7.99. The molecule has 0 unspecified atom stereocenters. The molecule has 0 radical (unpaired) electrons. The van der Waals surface area contributed by atoms with Crippen LogP contribution in [0.25, 0.3) is 33.0 Å². The van der Waals surface area contributed by atoms with E-state index in [9.17, 15) is 4.79 Å². The molecule has 0 atom stereocenters. The number of hydrogen-bond donors (Lipinski definition) is 1. The Kier molecular flexibility index (Phi) is 4.76. The van der Waals surface area contributed by atoms with E-state index in [-0.39, 0.29) is 11.7 Å². The lowest BCUT2D eigenvalue weighted by molar-refractivity contribution is -0.113. The molecule has 0 spiro atoms. The van der Waals surface area contributed by atoms with Gasteiger partial charge in [-0.15, -0.1) is 10.2 Å². The average Bonchev–Trinajstić information content (AvgIpc) is 3.10. The molecule has 7 nitrogen and oxygen atoms in total. The van der Waals surface area contributed by atoms with Crippen LogP contribution in [0.1, 0.15) is 6.92 Å². The third-order valence-electron chi connectivity index (χ3n) is 4.88. The number of nitrogens with zero attached hydrogens (tertiary/aromatic N) is 5. The van der Waals surface area contributed by atoms with Gasteiger partial charge in [-0.25, -0.2) is 4.98 Å². The zero-order valence-corrected chi connectivity index (χ0v) is 17.1. The number of nitrogens with one attached hydrogen (secondary N) is 1. The minimum atomic E-state index is -0.142. The highest BCUT2D eigenvalue weighted by Gasteiger charge is 2.14. The number of benzene rings is 2. The standard InChI is InChI=1S/C22H18N6OS/c1-2-28-18-10-6-4-8-16(18)20-21(28)25-22(27-26-20)30-13-19(29)24-15-11-14-7-3-5-9-17(14)23-12-15/h3-12H,2,13H2,1H3,(H,24,29). The van der Waals surface area contributed by atoms with Crippen LogP contribution in [-0.4, -0.2) is 36.4 Å². The predicted octanol–water partition coefficient (Wildman–Crippen LogP) is 4.28. The van der Waals surface area contributed by atoms with Crippen LogP contribution in [0.4, 0.5) is 5.69 Å². The van der Waals surface area contributed by atoms with E-state index < -0.39 is 0 Å². The molecule has 0 aliphatic heterocycles. The molecule has 30 heavy (non-hydrogen) atoms. The number of pyridine rings is 1. The monoisotopic (exact) mass is 414 g/mol. The fourth-order valence-corrected chi connectivity index (χ4v) is 4.12. The number of aryl methyl sites for hydroxylation is 1. The van der Waals surface area contributed by atoms with Gasteiger partial charge in [0, 0.05) is 17.3 Å². The number of carbonyl (C=O) groups is 1. The van der Waals surface area contributed by atoms with E-state index in [4.69, 9.17) is 0 Å². The first-order chi connectivity index (χ1) is 14.7. The van der Waals surface area contributed by atoms with E-state index in [1.807, 2.05) is 48.5 Å². The number of fused-ring (bicyclic) bond motifs is 4. The van der Waals surface area contributed by atoms with E-state index in [1.54, 1.807) is 6.20 Å². The second-order valence-electron chi connectivity index (χ2n) is 6.78. The predicted molar refractivity (Wildman–Crippen MR) is 120 cm³/mol. The van der Waals surface area contributed by atoms with Gasteiger partial charge >= 0.3 is 0 Å². The Morgan fingerprint density at radius 2 is 1.93 bits per heavy atom. The van der Waals surface area contributed by atoms with Crippen molar-refractivity contribution in [1.82, 2.24) is 24.7 Å². The summed E-state index contributed by atoms with van der Waals surface area (Å²) in [6, 6.07) is 17.8. The SMILES string of the molecule is CCn1c2ccccc2c2nnc(SCC(=O)Nc3cnc4ccccc4c3)nc21. The lowest BCUT2D eigenvalue weighted by atomic mass is 10.2. The Morgan fingerprint density at radius 3 is 2.83 bits per heavy atom. The average molecular weight is 414 g/mol. The van der Waals surface area contributed by atoms with Crippen molar-refractivity contribution < 1.29 is 4.79 Å². The molecule has 3 heterocycles. The summed E-state index contributed by atoms with van der Waals surface area (Å²) in [5.41, 5.74) is 4.21. The van der Waals surface area contributed by atoms with Crippen LogP contribution in [0.15, 0.2) is 66.0 Å². The topological polar surface area (TPSA) is 85.6 Å². The Balaban J connectivity index is 1.34. The summed E-state index contributed by atoms with van der Waals surface area (Å²) in [6.07, 6.45) is 1.66. The molecule has 3 aromatic heterocycles. The highest BCUT2D eigenvalue weighted by Crippen LogP contribution is 2.27. The van der Waals surface area contributed by atoms with Gasteiger partial charge < -0.3 is 9.88 Å². The maximum atomic E-state index is 12.4.